The first-order valence-corrected chi connectivity index (χ1v) is 7.87. The number of hydrogen-bond donors (Lipinski definition) is 3. The van der Waals surface area contributed by atoms with Gasteiger partial charge in [-0.2, -0.15) is 8.42 Å². The molecule has 3 N–H and O–H groups in total. The molecule has 0 saturated heterocycles. The van der Waals surface area contributed by atoms with E-state index in [1.54, 1.807) is 12.1 Å². The lowest BCUT2D eigenvalue weighted by atomic mass is 10.1. The molecule has 114 valence electrons. The van der Waals surface area contributed by atoms with Crippen molar-refractivity contribution in [2.75, 3.05) is 32.1 Å². The minimum Gasteiger partial charge on any atom is -0.507 e. The lowest BCUT2D eigenvalue weighted by molar-refractivity contribution is 0.471. The van der Waals surface area contributed by atoms with Crippen LogP contribution < -0.4 is 10.2 Å². The van der Waals surface area contributed by atoms with E-state index >= 15 is 0 Å². The van der Waals surface area contributed by atoms with Crippen LogP contribution in [0.1, 0.15) is 0 Å². The third kappa shape index (κ3) is 3.44. The Balaban J connectivity index is 2.51. The first-order chi connectivity index (χ1) is 9.82. The average molecular weight is 310 g/mol. The molecular formula is C14H18N2O4S. The van der Waals surface area contributed by atoms with Gasteiger partial charge in [0.05, 0.1) is 4.90 Å². The molecule has 0 heterocycles. The molecule has 0 fully saturated rings. The maximum atomic E-state index is 11.2. The van der Waals surface area contributed by atoms with Gasteiger partial charge in [-0.25, -0.2) is 0 Å². The van der Waals surface area contributed by atoms with Gasteiger partial charge < -0.3 is 15.3 Å². The summed E-state index contributed by atoms with van der Waals surface area (Å²) in [6.45, 7) is 1.59. The number of nitrogens with one attached hydrogen (secondary N) is 1. The van der Waals surface area contributed by atoms with Crippen LogP contribution in [0, 0.1) is 0 Å². The molecule has 0 bridgehead atoms. The summed E-state index contributed by atoms with van der Waals surface area (Å²) < 4.78 is 31.5. The number of likely N-dealkylation sites (N-methyl/N-ethyl adjacent to an activating group) is 2. The standard InChI is InChI=1S/C14H18N2O4S/c1-15-5-6-16(2)11-3-4-13-10(7-11)8-12(9-14(13)17)21(18,19)20/h3-4,7-9,15,17H,5-6H2,1-2H3,(H,18,19,20). The van der Waals surface area contributed by atoms with Crippen LogP contribution in [-0.4, -0.2) is 45.3 Å². The van der Waals surface area contributed by atoms with Crippen LogP contribution in [0.5, 0.6) is 5.75 Å². The topological polar surface area (TPSA) is 89.9 Å². The maximum Gasteiger partial charge on any atom is 0.294 e. The number of benzene rings is 2. The Kier molecular flexibility index (Phi) is 4.36. The Hall–Kier alpha value is -1.83. The number of aromatic hydroxyl groups is 1. The Morgan fingerprint density at radius 1 is 1.24 bits per heavy atom. The van der Waals surface area contributed by atoms with Gasteiger partial charge in [-0.3, -0.25) is 4.55 Å². The van der Waals surface area contributed by atoms with Crippen molar-refractivity contribution >= 4 is 26.6 Å². The normalized spacial score (nSPS) is 11.8. The highest BCUT2D eigenvalue weighted by Gasteiger charge is 2.14. The van der Waals surface area contributed by atoms with Crippen LogP contribution in [-0.2, 0) is 10.1 Å². The van der Waals surface area contributed by atoms with Crippen molar-refractivity contribution in [1.29, 1.82) is 0 Å². The number of hydrogen-bond acceptors (Lipinski definition) is 5. The second-order valence-corrected chi connectivity index (χ2v) is 6.27. The fourth-order valence-corrected chi connectivity index (χ4v) is 2.64. The summed E-state index contributed by atoms with van der Waals surface area (Å²) in [6.07, 6.45) is 0. The number of phenols is 1. The van der Waals surface area contributed by atoms with Crippen LogP contribution in [0.2, 0.25) is 0 Å². The van der Waals surface area contributed by atoms with Gasteiger partial charge in [-0.05, 0) is 36.7 Å². The Morgan fingerprint density at radius 3 is 2.57 bits per heavy atom. The van der Waals surface area contributed by atoms with Crippen molar-refractivity contribution in [3.8, 4) is 5.75 Å². The minimum absolute atomic E-state index is 0.176. The lowest BCUT2D eigenvalue weighted by Gasteiger charge is -2.19. The summed E-state index contributed by atoms with van der Waals surface area (Å²) in [4.78, 5) is 1.69. The highest BCUT2D eigenvalue weighted by atomic mass is 32.2. The Morgan fingerprint density at radius 2 is 1.95 bits per heavy atom. The Labute approximate surface area is 123 Å². The SMILES string of the molecule is CNCCN(C)c1ccc2c(O)cc(S(=O)(=O)O)cc2c1. The van der Waals surface area contributed by atoms with Crippen molar-refractivity contribution in [2.45, 2.75) is 4.90 Å². The monoisotopic (exact) mass is 310 g/mol. The molecule has 0 radical (unpaired) electrons. The summed E-state index contributed by atoms with van der Waals surface area (Å²) in [5.74, 6) is -0.176. The number of fused-ring (bicyclic) bond motifs is 1. The molecular weight excluding hydrogens is 292 g/mol. The van der Waals surface area contributed by atoms with E-state index in [4.69, 9.17) is 4.55 Å². The van der Waals surface area contributed by atoms with Gasteiger partial charge in [0.15, 0.2) is 0 Å². The first kappa shape index (κ1) is 15.6. The highest BCUT2D eigenvalue weighted by Crippen LogP contribution is 2.31. The predicted octanol–water partition coefficient (Wildman–Crippen LogP) is 1.45. The van der Waals surface area contributed by atoms with Crippen molar-refractivity contribution in [1.82, 2.24) is 5.32 Å². The third-order valence-corrected chi connectivity index (χ3v) is 4.16. The summed E-state index contributed by atoms with van der Waals surface area (Å²) >= 11 is 0. The van der Waals surface area contributed by atoms with Crippen molar-refractivity contribution in [3.05, 3.63) is 30.3 Å². The molecule has 0 aliphatic carbocycles. The second kappa shape index (κ2) is 5.88. The molecule has 2 rings (SSSR count). The summed E-state index contributed by atoms with van der Waals surface area (Å²) in [6, 6.07) is 7.75. The van der Waals surface area contributed by atoms with Gasteiger partial charge in [-0.1, -0.05) is 0 Å². The molecule has 0 spiro atoms. The molecule has 2 aromatic carbocycles. The molecule has 0 saturated carbocycles. The van der Waals surface area contributed by atoms with Gasteiger partial charge in [0.1, 0.15) is 5.75 Å². The molecule has 6 nitrogen and oxygen atoms in total. The fourth-order valence-electron chi connectivity index (χ4n) is 2.11. The smallest absolute Gasteiger partial charge is 0.294 e. The molecule has 7 heteroatoms. The lowest BCUT2D eigenvalue weighted by Crippen LogP contribution is -2.26. The fraction of sp³-hybridized carbons (Fsp3) is 0.286. The van der Waals surface area contributed by atoms with Crippen LogP contribution in [0.3, 0.4) is 0 Å². The molecule has 21 heavy (non-hydrogen) atoms. The summed E-state index contributed by atoms with van der Waals surface area (Å²) in [5, 5.41) is 14.0. The van der Waals surface area contributed by atoms with Crippen molar-refractivity contribution < 1.29 is 18.1 Å². The van der Waals surface area contributed by atoms with Crippen molar-refractivity contribution in [2.24, 2.45) is 0 Å². The van der Waals surface area contributed by atoms with Gasteiger partial charge in [0.25, 0.3) is 10.1 Å². The molecule has 0 aliphatic rings. The minimum atomic E-state index is -4.35. The van der Waals surface area contributed by atoms with E-state index < -0.39 is 10.1 Å². The molecule has 0 unspecified atom stereocenters. The first-order valence-electron chi connectivity index (χ1n) is 6.43. The van der Waals surface area contributed by atoms with E-state index in [1.807, 2.05) is 25.1 Å². The second-order valence-electron chi connectivity index (χ2n) is 4.85. The quantitative estimate of drug-likeness (QED) is 0.724. The maximum absolute atomic E-state index is 11.2. The Bertz CT molecular complexity index is 759. The van der Waals surface area contributed by atoms with Crippen LogP contribution in [0.15, 0.2) is 35.2 Å². The van der Waals surface area contributed by atoms with Crippen LogP contribution in [0.25, 0.3) is 10.8 Å². The molecule has 0 atom stereocenters. The van der Waals surface area contributed by atoms with Gasteiger partial charge in [0.2, 0.25) is 0 Å². The molecule has 2 aromatic rings. The number of rotatable bonds is 5. The van der Waals surface area contributed by atoms with E-state index in [0.717, 1.165) is 24.8 Å². The molecule has 0 aliphatic heterocycles. The van der Waals surface area contributed by atoms with Crippen LogP contribution >= 0.6 is 0 Å². The van der Waals surface area contributed by atoms with Crippen molar-refractivity contribution in [3.63, 3.8) is 0 Å². The van der Waals surface area contributed by atoms with E-state index in [0.29, 0.717) is 10.8 Å². The average Bonchev–Trinajstić information content (AvgIpc) is 2.43. The van der Waals surface area contributed by atoms with Gasteiger partial charge in [-0.15, -0.1) is 0 Å². The van der Waals surface area contributed by atoms with Crippen LogP contribution in [0.4, 0.5) is 5.69 Å². The number of anilines is 1. The zero-order valence-electron chi connectivity index (χ0n) is 11.9. The number of nitrogens with zero attached hydrogens (tertiary/aromatic N) is 1. The van der Waals surface area contributed by atoms with Gasteiger partial charge in [0, 0.05) is 37.3 Å². The largest absolute Gasteiger partial charge is 0.507 e. The van der Waals surface area contributed by atoms with E-state index in [1.165, 1.54) is 6.07 Å². The zero-order chi connectivity index (χ0) is 15.6. The molecule has 0 aromatic heterocycles. The van der Waals surface area contributed by atoms with E-state index in [9.17, 15) is 13.5 Å². The third-order valence-electron chi connectivity index (χ3n) is 3.32. The van der Waals surface area contributed by atoms with Gasteiger partial charge >= 0.3 is 0 Å². The van der Waals surface area contributed by atoms with E-state index in [-0.39, 0.29) is 10.6 Å². The summed E-state index contributed by atoms with van der Waals surface area (Å²) in [5.41, 5.74) is 0.893. The highest BCUT2D eigenvalue weighted by molar-refractivity contribution is 7.85. The zero-order valence-corrected chi connectivity index (χ0v) is 12.7. The van der Waals surface area contributed by atoms with E-state index in [2.05, 4.69) is 5.32 Å². The molecule has 0 amide bonds. The number of phenolic OH excluding ortho intramolecular Hbond substituents is 1. The summed E-state index contributed by atoms with van der Waals surface area (Å²) in [7, 11) is -0.560. The predicted molar refractivity (Wildman–Crippen MR) is 82.6 cm³/mol.